The first kappa shape index (κ1) is 16.0. The highest BCUT2D eigenvalue weighted by atomic mass is 19.1. The van der Waals surface area contributed by atoms with Crippen LogP contribution in [0.1, 0.15) is 42.4 Å². The Balaban J connectivity index is 1.76. The molecule has 6 heteroatoms. The van der Waals surface area contributed by atoms with Gasteiger partial charge in [-0.05, 0) is 43.9 Å². The van der Waals surface area contributed by atoms with Crippen LogP contribution < -0.4 is 5.56 Å². The minimum atomic E-state index is -0.301. The molecule has 1 fully saturated rings. The van der Waals surface area contributed by atoms with Crippen LogP contribution in [0.25, 0.3) is 5.52 Å². The maximum Gasteiger partial charge on any atom is 0.276 e. The van der Waals surface area contributed by atoms with Crippen LogP contribution >= 0.6 is 0 Å². The number of aromatic nitrogens is 3. The third kappa shape index (κ3) is 2.98. The van der Waals surface area contributed by atoms with Gasteiger partial charge >= 0.3 is 0 Å². The molecule has 1 atom stereocenters. The van der Waals surface area contributed by atoms with Crippen LogP contribution in [0.15, 0.2) is 41.5 Å². The summed E-state index contributed by atoms with van der Waals surface area (Å²) in [7, 11) is 0. The van der Waals surface area contributed by atoms with Gasteiger partial charge in [-0.1, -0.05) is 12.1 Å². The van der Waals surface area contributed by atoms with Crippen molar-refractivity contribution in [2.75, 3.05) is 6.61 Å². The number of imidazole rings is 1. The molecule has 1 unspecified atom stereocenters. The third-order valence-electron chi connectivity index (χ3n) is 4.73. The largest absolute Gasteiger partial charge is 0.370 e. The van der Waals surface area contributed by atoms with Crippen molar-refractivity contribution in [3.05, 3.63) is 69.9 Å². The predicted octanol–water partition coefficient (Wildman–Crippen LogP) is 3.23. The van der Waals surface area contributed by atoms with Gasteiger partial charge in [0.2, 0.25) is 0 Å². The molecule has 1 saturated heterocycles. The topological polar surface area (TPSA) is 48.5 Å². The molecule has 4 rings (SSSR count). The van der Waals surface area contributed by atoms with Crippen molar-refractivity contribution in [2.45, 2.75) is 38.8 Å². The quantitative estimate of drug-likeness (QED) is 0.735. The van der Waals surface area contributed by atoms with E-state index in [2.05, 4.69) is 4.98 Å². The van der Waals surface area contributed by atoms with Crippen LogP contribution in [0, 0.1) is 12.7 Å². The average Bonchev–Trinajstić information content (AvgIpc) is 3.03. The zero-order chi connectivity index (χ0) is 17.4. The van der Waals surface area contributed by atoms with E-state index in [0.717, 1.165) is 43.0 Å². The highest BCUT2D eigenvalue weighted by Crippen LogP contribution is 2.27. The van der Waals surface area contributed by atoms with Gasteiger partial charge in [-0.2, -0.15) is 0 Å². The van der Waals surface area contributed by atoms with Gasteiger partial charge in [0.15, 0.2) is 0 Å². The summed E-state index contributed by atoms with van der Waals surface area (Å²) < 4.78 is 22.7. The molecule has 1 aliphatic heterocycles. The third-order valence-corrected chi connectivity index (χ3v) is 4.73. The number of halogens is 1. The number of ether oxygens (including phenoxy) is 1. The monoisotopic (exact) mass is 341 g/mol. The highest BCUT2D eigenvalue weighted by Gasteiger charge is 2.22. The first-order valence-corrected chi connectivity index (χ1v) is 8.57. The van der Waals surface area contributed by atoms with E-state index in [4.69, 9.17) is 4.74 Å². The van der Waals surface area contributed by atoms with Crippen LogP contribution in [0.5, 0.6) is 0 Å². The van der Waals surface area contributed by atoms with E-state index in [-0.39, 0.29) is 17.5 Å². The van der Waals surface area contributed by atoms with E-state index in [1.54, 1.807) is 16.8 Å². The molecule has 3 aromatic rings. The fourth-order valence-electron chi connectivity index (χ4n) is 3.42. The van der Waals surface area contributed by atoms with Crippen LogP contribution in [0.3, 0.4) is 0 Å². The summed E-state index contributed by atoms with van der Waals surface area (Å²) in [5.74, 6) is 0.484. The van der Waals surface area contributed by atoms with E-state index in [1.807, 2.05) is 23.6 Å². The van der Waals surface area contributed by atoms with Crippen LogP contribution in [0.2, 0.25) is 0 Å². The minimum absolute atomic E-state index is 0.0610. The van der Waals surface area contributed by atoms with Gasteiger partial charge in [-0.25, -0.2) is 9.37 Å². The minimum Gasteiger partial charge on any atom is -0.370 e. The molecule has 0 N–H and O–H groups in total. The number of fused-ring (bicyclic) bond motifs is 1. The molecule has 130 valence electrons. The maximum atomic E-state index is 13.4. The molecule has 25 heavy (non-hydrogen) atoms. The summed E-state index contributed by atoms with van der Waals surface area (Å²) in [6.07, 6.45) is 6.56. The van der Waals surface area contributed by atoms with Crippen molar-refractivity contribution in [3.8, 4) is 0 Å². The van der Waals surface area contributed by atoms with E-state index >= 15 is 0 Å². The van der Waals surface area contributed by atoms with Gasteiger partial charge in [-0.3, -0.25) is 9.20 Å². The molecule has 0 saturated carbocycles. The first-order valence-electron chi connectivity index (χ1n) is 8.57. The van der Waals surface area contributed by atoms with Crippen molar-refractivity contribution >= 4 is 5.52 Å². The summed E-state index contributed by atoms with van der Waals surface area (Å²) in [5.41, 5.74) is 1.95. The van der Waals surface area contributed by atoms with Crippen LogP contribution in [-0.4, -0.2) is 20.6 Å². The molecule has 0 radical (unpaired) electrons. The Morgan fingerprint density at radius 2 is 2.24 bits per heavy atom. The van der Waals surface area contributed by atoms with Crippen molar-refractivity contribution < 1.29 is 9.13 Å². The summed E-state index contributed by atoms with van der Waals surface area (Å²) in [6, 6.07) is 6.32. The number of rotatable bonds is 3. The standard InChI is InChI=1S/C19H20FN3O2/c1-13-11-23-16(10-21-18(23)17-7-2-3-8-25-17)19(24)22(13)12-14-5-4-6-15(20)9-14/h4-6,9-11,17H,2-3,7-8,12H2,1H3. The SMILES string of the molecule is Cc1cn2c(C3CCCCO3)ncc2c(=O)n1Cc1cccc(F)c1. The molecule has 0 aliphatic carbocycles. The molecular weight excluding hydrogens is 321 g/mol. The number of hydrogen-bond donors (Lipinski definition) is 0. The lowest BCUT2D eigenvalue weighted by molar-refractivity contribution is 0.00913. The molecule has 5 nitrogen and oxygen atoms in total. The molecule has 0 spiro atoms. The second-order valence-electron chi connectivity index (χ2n) is 6.52. The summed E-state index contributed by atoms with van der Waals surface area (Å²) in [4.78, 5) is 17.4. The molecule has 1 aliphatic rings. The molecule has 2 aromatic heterocycles. The van der Waals surface area contributed by atoms with Crippen LogP contribution in [-0.2, 0) is 11.3 Å². The number of aryl methyl sites for hydroxylation is 1. The lowest BCUT2D eigenvalue weighted by Gasteiger charge is -2.21. The van der Waals surface area contributed by atoms with Crippen molar-refractivity contribution in [1.29, 1.82) is 0 Å². The zero-order valence-corrected chi connectivity index (χ0v) is 14.1. The van der Waals surface area contributed by atoms with E-state index in [9.17, 15) is 9.18 Å². The predicted molar refractivity (Wildman–Crippen MR) is 92.2 cm³/mol. The van der Waals surface area contributed by atoms with E-state index in [0.29, 0.717) is 12.1 Å². The molecule has 3 heterocycles. The Hall–Kier alpha value is -2.47. The summed E-state index contributed by atoms with van der Waals surface area (Å²) in [6.45, 7) is 2.94. The van der Waals surface area contributed by atoms with Crippen molar-refractivity contribution in [1.82, 2.24) is 14.0 Å². The zero-order valence-electron chi connectivity index (χ0n) is 14.1. The van der Waals surface area contributed by atoms with Crippen molar-refractivity contribution in [3.63, 3.8) is 0 Å². The Morgan fingerprint density at radius 1 is 1.36 bits per heavy atom. The van der Waals surface area contributed by atoms with Gasteiger partial charge in [-0.15, -0.1) is 0 Å². The highest BCUT2D eigenvalue weighted by molar-refractivity contribution is 5.45. The van der Waals surface area contributed by atoms with Gasteiger partial charge in [0.05, 0.1) is 12.7 Å². The van der Waals surface area contributed by atoms with E-state index in [1.165, 1.54) is 12.1 Å². The molecule has 1 aromatic carbocycles. The van der Waals surface area contributed by atoms with Gasteiger partial charge in [0.1, 0.15) is 23.3 Å². The van der Waals surface area contributed by atoms with Gasteiger partial charge in [0.25, 0.3) is 5.56 Å². The Kier molecular flexibility index (Phi) is 4.13. The van der Waals surface area contributed by atoms with Gasteiger partial charge < -0.3 is 9.30 Å². The number of nitrogens with zero attached hydrogens (tertiary/aromatic N) is 3. The Labute approximate surface area is 144 Å². The number of hydrogen-bond acceptors (Lipinski definition) is 3. The van der Waals surface area contributed by atoms with E-state index < -0.39 is 0 Å². The normalized spacial score (nSPS) is 17.9. The lowest BCUT2D eigenvalue weighted by atomic mass is 10.1. The van der Waals surface area contributed by atoms with Gasteiger partial charge in [0, 0.05) is 18.5 Å². The summed E-state index contributed by atoms with van der Waals surface area (Å²) in [5, 5.41) is 0. The second kappa shape index (κ2) is 6.44. The Bertz CT molecular complexity index is 970. The molecule has 0 amide bonds. The smallest absolute Gasteiger partial charge is 0.276 e. The van der Waals surface area contributed by atoms with Crippen LogP contribution in [0.4, 0.5) is 4.39 Å². The average molecular weight is 341 g/mol. The maximum absolute atomic E-state index is 13.4. The number of benzene rings is 1. The first-order chi connectivity index (χ1) is 12.1. The lowest BCUT2D eigenvalue weighted by Crippen LogP contribution is -2.25. The fourth-order valence-corrected chi connectivity index (χ4v) is 3.42. The Morgan fingerprint density at radius 3 is 3.00 bits per heavy atom. The second-order valence-corrected chi connectivity index (χ2v) is 6.52. The molecular formula is C19H20FN3O2. The molecule has 0 bridgehead atoms. The fraction of sp³-hybridized carbons (Fsp3) is 0.368. The summed E-state index contributed by atoms with van der Waals surface area (Å²) >= 11 is 0. The van der Waals surface area contributed by atoms with Crippen molar-refractivity contribution in [2.24, 2.45) is 0 Å².